The van der Waals surface area contributed by atoms with E-state index in [0.717, 1.165) is 30.0 Å². The third-order valence-electron chi connectivity index (χ3n) is 4.03. The number of amides is 1. The van der Waals surface area contributed by atoms with Crippen molar-refractivity contribution in [2.24, 2.45) is 0 Å². The number of hydrogen-bond acceptors (Lipinski definition) is 3. The maximum Gasteiger partial charge on any atom is 0.233 e. The fourth-order valence-corrected chi connectivity index (χ4v) is 4.39. The van der Waals surface area contributed by atoms with E-state index in [0.29, 0.717) is 5.75 Å². The smallest absolute Gasteiger partial charge is 0.233 e. The second-order valence-electron chi connectivity index (χ2n) is 5.58. The molecule has 4 nitrogen and oxygen atoms in total. The van der Waals surface area contributed by atoms with Crippen molar-refractivity contribution in [1.82, 2.24) is 14.7 Å². The standard InChI is InChI=1S/C17H21N3OS/c1-4-10-19-15(21)11-22-17(19)16-12(2)18-20(13(16)3)14-8-6-5-7-9-14/h5-9,17H,4,10-11H2,1-3H3. The molecule has 3 rings (SSSR count). The summed E-state index contributed by atoms with van der Waals surface area (Å²) in [6, 6.07) is 10.1. The number of hydrogen-bond donors (Lipinski definition) is 0. The molecule has 0 aliphatic carbocycles. The van der Waals surface area contributed by atoms with Crippen LogP contribution >= 0.6 is 11.8 Å². The highest BCUT2D eigenvalue weighted by Gasteiger charge is 2.35. The van der Waals surface area contributed by atoms with E-state index in [4.69, 9.17) is 5.10 Å². The number of para-hydroxylation sites is 1. The van der Waals surface area contributed by atoms with Gasteiger partial charge < -0.3 is 4.90 Å². The minimum Gasteiger partial charge on any atom is -0.326 e. The molecule has 1 aliphatic heterocycles. The van der Waals surface area contributed by atoms with Gasteiger partial charge >= 0.3 is 0 Å². The molecule has 1 aliphatic rings. The lowest BCUT2D eigenvalue weighted by Gasteiger charge is -2.24. The van der Waals surface area contributed by atoms with Gasteiger partial charge in [0.1, 0.15) is 5.37 Å². The van der Waals surface area contributed by atoms with Crippen molar-refractivity contribution in [1.29, 1.82) is 0 Å². The fourth-order valence-electron chi connectivity index (χ4n) is 3.01. The summed E-state index contributed by atoms with van der Waals surface area (Å²) in [5, 5.41) is 4.81. The average Bonchev–Trinajstić information content (AvgIpc) is 3.01. The molecule has 0 saturated carbocycles. The Morgan fingerprint density at radius 2 is 2.00 bits per heavy atom. The first kappa shape index (κ1) is 15.2. The van der Waals surface area contributed by atoms with Crippen LogP contribution in [-0.2, 0) is 4.79 Å². The minimum atomic E-state index is 0.102. The summed E-state index contributed by atoms with van der Waals surface area (Å²) in [4.78, 5) is 14.1. The molecule has 1 amide bonds. The number of nitrogens with zero attached hydrogens (tertiary/aromatic N) is 3. The molecule has 0 N–H and O–H groups in total. The number of carbonyl (C=O) groups is 1. The molecule has 22 heavy (non-hydrogen) atoms. The van der Waals surface area contributed by atoms with E-state index in [1.54, 1.807) is 11.8 Å². The van der Waals surface area contributed by atoms with Gasteiger partial charge in [0, 0.05) is 17.8 Å². The first-order valence-electron chi connectivity index (χ1n) is 7.66. The van der Waals surface area contributed by atoms with Crippen molar-refractivity contribution in [3.8, 4) is 5.69 Å². The Balaban J connectivity index is 2.02. The Kier molecular flexibility index (Phi) is 4.25. The molecule has 5 heteroatoms. The zero-order valence-corrected chi connectivity index (χ0v) is 14.1. The highest BCUT2D eigenvalue weighted by atomic mass is 32.2. The topological polar surface area (TPSA) is 38.1 Å². The highest BCUT2D eigenvalue weighted by Crippen LogP contribution is 2.41. The molecular formula is C17H21N3OS. The molecule has 1 atom stereocenters. The van der Waals surface area contributed by atoms with Gasteiger partial charge in [0.05, 0.1) is 17.1 Å². The summed E-state index contributed by atoms with van der Waals surface area (Å²) in [5.41, 5.74) is 4.38. The molecule has 0 bridgehead atoms. The summed E-state index contributed by atoms with van der Waals surface area (Å²) in [5.74, 6) is 0.808. The van der Waals surface area contributed by atoms with Crippen LogP contribution < -0.4 is 0 Å². The van der Waals surface area contributed by atoms with Crippen molar-refractivity contribution in [3.05, 3.63) is 47.3 Å². The highest BCUT2D eigenvalue weighted by molar-refractivity contribution is 8.00. The SMILES string of the molecule is CCCN1C(=O)CSC1c1c(C)nn(-c2ccccc2)c1C. The van der Waals surface area contributed by atoms with Crippen LogP contribution in [0.3, 0.4) is 0 Å². The van der Waals surface area contributed by atoms with Crippen molar-refractivity contribution in [3.63, 3.8) is 0 Å². The van der Waals surface area contributed by atoms with Crippen molar-refractivity contribution in [2.75, 3.05) is 12.3 Å². The molecule has 1 fully saturated rings. The maximum absolute atomic E-state index is 12.1. The second-order valence-corrected chi connectivity index (χ2v) is 6.65. The summed E-state index contributed by atoms with van der Waals surface area (Å²) in [6.45, 7) is 7.05. The van der Waals surface area contributed by atoms with Crippen LogP contribution in [-0.4, -0.2) is 32.9 Å². The largest absolute Gasteiger partial charge is 0.326 e. The van der Waals surface area contributed by atoms with Gasteiger partial charge in [0.15, 0.2) is 0 Å². The van der Waals surface area contributed by atoms with Crippen LogP contribution in [0, 0.1) is 13.8 Å². The number of thioether (sulfide) groups is 1. The molecule has 1 aromatic heterocycles. The molecule has 2 heterocycles. The number of aromatic nitrogens is 2. The molecule has 2 aromatic rings. The van der Waals surface area contributed by atoms with E-state index < -0.39 is 0 Å². The summed E-state index contributed by atoms with van der Waals surface area (Å²) in [7, 11) is 0. The van der Waals surface area contributed by atoms with E-state index in [1.165, 1.54) is 5.56 Å². The van der Waals surface area contributed by atoms with Gasteiger partial charge in [0.2, 0.25) is 5.91 Å². The zero-order valence-electron chi connectivity index (χ0n) is 13.2. The Hall–Kier alpha value is -1.75. The van der Waals surface area contributed by atoms with Crippen LogP contribution in [0.5, 0.6) is 0 Å². The van der Waals surface area contributed by atoms with Crippen molar-refractivity contribution in [2.45, 2.75) is 32.6 Å². The molecular weight excluding hydrogens is 294 g/mol. The number of rotatable bonds is 4. The lowest BCUT2D eigenvalue weighted by Crippen LogP contribution is -2.29. The van der Waals surface area contributed by atoms with Gasteiger partial charge in [-0.25, -0.2) is 4.68 Å². The maximum atomic E-state index is 12.1. The van der Waals surface area contributed by atoms with Crippen LogP contribution in [0.4, 0.5) is 0 Å². The second kappa shape index (κ2) is 6.16. The summed E-state index contributed by atoms with van der Waals surface area (Å²) in [6.07, 6.45) is 0.980. The minimum absolute atomic E-state index is 0.102. The zero-order chi connectivity index (χ0) is 15.7. The Bertz CT molecular complexity index is 681. The fraction of sp³-hybridized carbons (Fsp3) is 0.412. The van der Waals surface area contributed by atoms with E-state index >= 15 is 0 Å². The molecule has 1 aromatic carbocycles. The predicted octanol–water partition coefficient (Wildman–Crippen LogP) is 3.47. The Morgan fingerprint density at radius 1 is 1.27 bits per heavy atom. The average molecular weight is 315 g/mol. The predicted molar refractivity (Wildman–Crippen MR) is 90.2 cm³/mol. The molecule has 116 valence electrons. The van der Waals surface area contributed by atoms with Crippen LogP contribution in [0.1, 0.15) is 35.7 Å². The van der Waals surface area contributed by atoms with Gasteiger partial charge in [-0.15, -0.1) is 11.8 Å². The van der Waals surface area contributed by atoms with E-state index in [1.807, 2.05) is 34.7 Å². The number of aryl methyl sites for hydroxylation is 1. The number of carbonyl (C=O) groups excluding carboxylic acids is 1. The summed E-state index contributed by atoms with van der Waals surface area (Å²) < 4.78 is 1.98. The van der Waals surface area contributed by atoms with Crippen LogP contribution in [0.2, 0.25) is 0 Å². The van der Waals surface area contributed by atoms with Gasteiger partial charge in [-0.05, 0) is 32.4 Å². The third-order valence-corrected chi connectivity index (χ3v) is 5.25. The quantitative estimate of drug-likeness (QED) is 0.867. The molecule has 1 saturated heterocycles. The third kappa shape index (κ3) is 2.54. The van der Waals surface area contributed by atoms with Crippen LogP contribution in [0.25, 0.3) is 5.69 Å². The van der Waals surface area contributed by atoms with E-state index in [2.05, 4.69) is 26.0 Å². The molecule has 0 radical (unpaired) electrons. The van der Waals surface area contributed by atoms with E-state index in [-0.39, 0.29) is 11.3 Å². The first-order chi connectivity index (χ1) is 10.6. The van der Waals surface area contributed by atoms with Crippen LogP contribution in [0.15, 0.2) is 30.3 Å². The lowest BCUT2D eigenvalue weighted by molar-refractivity contribution is -0.128. The van der Waals surface area contributed by atoms with Gasteiger partial charge in [-0.2, -0.15) is 5.10 Å². The Morgan fingerprint density at radius 3 is 2.68 bits per heavy atom. The lowest BCUT2D eigenvalue weighted by atomic mass is 10.1. The van der Waals surface area contributed by atoms with Crippen molar-refractivity contribution < 1.29 is 4.79 Å². The van der Waals surface area contributed by atoms with E-state index in [9.17, 15) is 4.79 Å². The van der Waals surface area contributed by atoms with Gasteiger partial charge in [-0.1, -0.05) is 25.1 Å². The normalized spacial score (nSPS) is 18.2. The monoisotopic (exact) mass is 315 g/mol. The number of benzene rings is 1. The van der Waals surface area contributed by atoms with Gasteiger partial charge in [0.25, 0.3) is 0 Å². The van der Waals surface area contributed by atoms with Crippen molar-refractivity contribution >= 4 is 17.7 Å². The Labute approximate surface area is 135 Å². The first-order valence-corrected chi connectivity index (χ1v) is 8.71. The molecule has 1 unspecified atom stereocenters. The molecule has 0 spiro atoms. The summed E-state index contributed by atoms with van der Waals surface area (Å²) >= 11 is 1.71. The van der Waals surface area contributed by atoms with Gasteiger partial charge in [-0.3, -0.25) is 4.79 Å².